The third kappa shape index (κ3) is 3.68. The van der Waals surface area contributed by atoms with E-state index < -0.39 is 0 Å². The fourth-order valence-corrected chi connectivity index (χ4v) is 4.24. The number of aryl methyl sites for hydroxylation is 3. The summed E-state index contributed by atoms with van der Waals surface area (Å²) in [5, 5.41) is 3.91. The molecule has 28 heavy (non-hydrogen) atoms. The first-order chi connectivity index (χ1) is 13.6. The number of imidazole rings is 1. The summed E-state index contributed by atoms with van der Waals surface area (Å²) < 4.78 is 2.12. The van der Waals surface area contributed by atoms with Crippen LogP contribution in [-0.4, -0.2) is 27.0 Å². The maximum atomic E-state index is 12.7. The van der Waals surface area contributed by atoms with Gasteiger partial charge in [-0.2, -0.15) is 0 Å². The van der Waals surface area contributed by atoms with Crippen molar-refractivity contribution in [3.8, 4) is 10.4 Å². The van der Waals surface area contributed by atoms with E-state index in [2.05, 4.69) is 25.9 Å². The van der Waals surface area contributed by atoms with Crippen LogP contribution in [0.5, 0.6) is 0 Å². The molecule has 4 aromatic rings. The molecule has 1 amide bonds. The average molecular weight is 391 g/mol. The number of amides is 1. The number of benzene rings is 2. The number of nitrogens with one attached hydrogen (secondary N) is 1. The molecule has 0 aliphatic heterocycles. The van der Waals surface area contributed by atoms with Crippen LogP contribution in [0.15, 0.2) is 54.6 Å². The highest BCUT2D eigenvalue weighted by Gasteiger charge is 2.18. The molecule has 0 atom stereocenters. The van der Waals surface area contributed by atoms with Gasteiger partial charge in [0, 0.05) is 20.0 Å². The van der Waals surface area contributed by atoms with E-state index in [0.717, 1.165) is 45.1 Å². The van der Waals surface area contributed by atoms with Gasteiger partial charge in [0.15, 0.2) is 0 Å². The van der Waals surface area contributed by atoms with Crippen molar-refractivity contribution in [1.82, 2.24) is 19.9 Å². The minimum absolute atomic E-state index is 0.117. The maximum absolute atomic E-state index is 12.7. The molecule has 0 saturated heterocycles. The molecule has 0 saturated carbocycles. The maximum Gasteiger partial charge on any atom is 0.271 e. The van der Waals surface area contributed by atoms with Crippen LogP contribution in [0.2, 0.25) is 0 Å². The van der Waals surface area contributed by atoms with Gasteiger partial charge in [0.1, 0.15) is 11.5 Å². The molecule has 5 nitrogen and oxygen atoms in total. The van der Waals surface area contributed by atoms with E-state index in [1.54, 1.807) is 11.3 Å². The molecule has 0 unspecified atom stereocenters. The molecule has 2 aromatic heterocycles. The zero-order chi connectivity index (χ0) is 19.5. The van der Waals surface area contributed by atoms with E-state index in [1.807, 2.05) is 62.5 Å². The quantitative estimate of drug-likeness (QED) is 0.498. The highest BCUT2D eigenvalue weighted by Crippen LogP contribution is 2.29. The van der Waals surface area contributed by atoms with Crippen molar-refractivity contribution in [3.63, 3.8) is 0 Å². The number of carbonyl (C=O) groups is 1. The van der Waals surface area contributed by atoms with Crippen LogP contribution in [0.1, 0.15) is 27.7 Å². The smallest absolute Gasteiger partial charge is 0.271 e. The van der Waals surface area contributed by atoms with Crippen molar-refractivity contribution >= 4 is 28.3 Å². The van der Waals surface area contributed by atoms with Gasteiger partial charge >= 0.3 is 0 Å². The van der Waals surface area contributed by atoms with E-state index in [0.29, 0.717) is 12.2 Å². The second-order valence-electron chi connectivity index (χ2n) is 6.71. The summed E-state index contributed by atoms with van der Waals surface area (Å²) in [6, 6.07) is 18.1. The van der Waals surface area contributed by atoms with Crippen LogP contribution in [-0.2, 0) is 13.5 Å². The Labute approximate surface area is 168 Å². The SMILES string of the molecule is Cc1nc(C(=O)NCCCc2nc3ccccc3n2C)c(-c2ccccc2)s1. The summed E-state index contributed by atoms with van der Waals surface area (Å²) in [5.41, 5.74) is 3.68. The Bertz CT molecular complexity index is 1110. The lowest BCUT2D eigenvalue weighted by atomic mass is 10.1. The van der Waals surface area contributed by atoms with Crippen LogP contribution in [0.25, 0.3) is 21.5 Å². The molecule has 0 fully saturated rings. The van der Waals surface area contributed by atoms with Crippen LogP contribution >= 0.6 is 11.3 Å². The predicted octanol–water partition coefficient (Wildman–Crippen LogP) is 4.37. The third-order valence-electron chi connectivity index (χ3n) is 4.73. The van der Waals surface area contributed by atoms with Gasteiger partial charge in [-0.3, -0.25) is 4.79 Å². The summed E-state index contributed by atoms with van der Waals surface area (Å²) in [4.78, 5) is 22.7. The average Bonchev–Trinajstić information content (AvgIpc) is 3.26. The molecule has 0 aliphatic rings. The number of fused-ring (bicyclic) bond motifs is 1. The van der Waals surface area contributed by atoms with Crippen molar-refractivity contribution < 1.29 is 4.79 Å². The van der Waals surface area contributed by atoms with Gasteiger partial charge in [-0.25, -0.2) is 9.97 Å². The predicted molar refractivity (Wildman–Crippen MR) is 114 cm³/mol. The molecular weight excluding hydrogens is 368 g/mol. The van der Waals surface area contributed by atoms with Gasteiger partial charge in [0.25, 0.3) is 5.91 Å². The van der Waals surface area contributed by atoms with Crippen LogP contribution in [0.4, 0.5) is 0 Å². The number of aromatic nitrogens is 3. The zero-order valence-electron chi connectivity index (χ0n) is 16.0. The van der Waals surface area contributed by atoms with E-state index in [-0.39, 0.29) is 5.91 Å². The number of rotatable bonds is 6. The van der Waals surface area contributed by atoms with Crippen molar-refractivity contribution in [2.24, 2.45) is 7.05 Å². The lowest BCUT2D eigenvalue weighted by Gasteiger charge is -2.06. The molecule has 0 spiro atoms. The molecule has 0 radical (unpaired) electrons. The lowest BCUT2D eigenvalue weighted by Crippen LogP contribution is -2.25. The number of hydrogen-bond donors (Lipinski definition) is 1. The van der Waals surface area contributed by atoms with E-state index in [9.17, 15) is 4.79 Å². The zero-order valence-corrected chi connectivity index (χ0v) is 16.8. The van der Waals surface area contributed by atoms with Crippen LogP contribution in [0, 0.1) is 6.92 Å². The standard InChI is InChI=1S/C22H22N4OS/c1-15-24-20(21(28-15)16-9-4-3-5-10-16)22(27)23-14-8-13-19-25-17-11-6-7-12-18(17)26(19)2/h3-7,9-12H,8,13-14H2,1-2H3,(H,23,27). The Morgan fingerprint density at radius 2 is 1.82 bits per heavy atom. The number of hydrogen-bond acceptors (Lipinski definition) is 4. The largest absolute Gasteiger partial charge is 0.351 e. The van der Waals surface area contributed by atoms with Crippen molar-refractivity contribution in [2.75, 3.05) is 6.54 Å². The Hall–Kier alpha value is -2.99. The molecule has 142 valence electrons. The van der Waals surface area contributed by atoms with Crippen molar-refractivity contribution in [3.05, 3.63) is 71.1 Å². The van der Waals surface area contributed by atoms with Crippen molar-refractivity contribution in [2.45, 2.75) is 19.8 Å². The van der Waals surface area contributed by atoms with Gasteiger partial charge in [-0.1, -0.05) is 42.5 Å². The summed E-state index contributed by atoms with van der Waals surface area (Å²) >= 11 is 1.55. The Balaban J connectivity index is 1.39. The van der Waals surface area contributed by atoms with Crippen molar-refractivity contribution in [1.29, 1.82) is 0 Å². The van der Waals surface area contributed by atoms with E-state index >= 15 is 0 Å². The molecule has 0 bridgehead atoms. The van der Waals surface area contributed by atoms with Crippen LogP contribution in [0.3, 0.4) is 0 Å². The number of carbonyl (C=O) groups excluding carboxylic acids is 1. The minimum Gasteiger partial charge on any atom is -0.351 e. The van der Waals surface area contributed by atoms with Gasteiger partial charge in [-0.05, 0) is 31.0 Å². The first kappa shape index (κ1) is 18.4. The first-order valence-corrected chi connectivity index (χ1v) is 10.2. The Kier molecular flexibility index (Phi) is 5.21. The molecule has 6 heteroatoms. The van der Waals surface area contributed by atoms with E-state index in [4.69, 9.17) is 0 Å². The number of para-hydroxylation sites is 2. The molecule has 2 aromatic carbocycles. The van der Waals surface area contributed by atoms with Gasteiger partial charge in [-0.15, -0.1) is 11.3 Å². The minimum atomic E-state index is -0.117. The number of nitrogens with zero attached hydrogens (tertiary/aromatic N) is 3. The fraction of sp³-hybridized carbons (Fsp3) is 0.227. The first-order valence-electron chi connectivity index (χ1n) is 9.35. The third-order valence-corrected chi connectivity index (χ3v) is 5.75. The Morgan fingerprint density at radius 1 is 1.07 bits per heavy atom. The summed E-state index contributed by atoms with van der Waals surface area (Å²) in [6.07, 6.45) is 1.64. The highest BCUT2D eigenvalue weighted by molar-refractivity contribution is 7.15. The number of thiazole rings is 1. The Morgan fingerprint density at radius 3 is 2.61 bits per heavy atom. The van der Waals surface area contributed by atoms with Gasteiger partial charge < -0.3 is 9.88 Å². The topological polar surface area (TPSA) is 59.8 Å². The van der Waals surface area contributed by atoms with E-state index in [1.165, 1.54) is 0 Å². The summed E-state index contributed by atoms with van der Waals surface area (Å²) in [5.74, 6) is 0.915. The lowest BCUT2D eigenvalue weighted by molar-refractivity contribution is 0.0949. The molecule has 1 N–H and O–H groups in total. The van der Waals surface area contributed by atoms with Gasteiger partial charge in [0.2, 0.25) is 0 Å². The molecule has 2 heterocycles. The molecular formula is C22H22N4OS. The van der Waals surface area contributed by atoms with Gasteiger partial charge in [0.05, 0.1) is 20.9 Å². The second kappa shape index (κ2) is 7.94. The summed E-state index contributed by atoms with van der Waals surface area (Å²) in [6.45, 7) is 2.52. The summed E-state index contributed by atoms with van der Waals surface area (Å²) in [7, 11) is 2.04. The van der Waals surface area contributed by atoms with Crippen LogP contribution < -0.4 is 5.32 Å². The highest BCUT2D eigenvalue weighted by atomic mass is 32.1. The monoisotopic (exact) mass is 390 g/mol. The normalized spacial score (nSPS) is 11.1. The fourth-order valence-electron chi connectivity index (χ4n) is 3.32. The second-order valence-corrected chi connectivity index (χ2v) is 7.92. The molecule has 4 rings (SSSR count). The molecule has 0 aliphatic carbocycles.